The van der Waals surface area contributed by atoms with Gasteiger partial charge in [0, 0.05) is 12.3 Å². The number of aryl methyl sites for hydroxylation is 1. The Labute approximate surface area is 183 Å². The maximum atomic E-state index is 10.5. The van der Waals surface area contributed by atoms with Crippen LogP contribution in [0.25, 0.3) is 0 Å². The van der Waals surface area contributed by atoms with E-state index in [0.717, 1.165) is 27.8 Å². The van der Waals surface area contributed by atoms with Crippen LogP contribution in [0.15, 0.2) is 53.6 Å². The van der Waals surface area contributed by atoms with Crippen LogP contribution in [0.3, 0.4) is 0 Å². The Bertz CT molecular complexity index is 848. The van der Waals surface area contributed by atoms with Crippen LogP contribution in [0, 0.1) is 12.8 Å². The number of aliphatic hydroxyl groups excluding tert-OH is 3. The summed E-state index contributed by atoms with van der Waals surface area (Å²) in [5.74, 6) is 0.0692. The molecule has 0 radical (unpaired) electrons. The van der Waals surface area contributed by atoms with E-state index < -0.39 is 24.4 Å². The maximum Gasteiger partial charge on any atom is 0.112 e. The summed E-state index contributed by atoms with van der Waals surface area (Å²) < 4.78 is 5.89. The van der Waals surface area contributed by atoms with Crippen molar-refractivity contribution in [3.05, 3.63) is 70.3 Å². The van der Waals surface area contributed by atoms with E-state index >= 15 is 0 Å². The molecule has 3 rings (SSSR count). The summed E-state index contributed by atoms with van der Waals surface area (Å²) in [4.78, 5) is 5.39. The lowest BCUT2D eigenvalue weighted by Gasteiger charge is -2.37. The summed E-state index contributed by atoms with van der Waals surface area (Å²) in [6, 6.07) is 5.94. The zero-order valence-electron chi connectivity index (χ0n) is 18.2. The van der Waals surface area contributed by atoms with Gasteiger partial charge in [0.2, 0.25) is 0 Å². The topological polar surface area (TPSA) is 111 Å². The van der Waals surface area contributed by atoms with Crippen molar-refractivity contribution in [1.82, 2.24) is 5.64 Å². The molecule has 0 bridgehead atoms. The van der Waals surface area contributed by atoms with Gasteiger partial charge in [-0.2, -0.15) is 0 Å². The Morgan fingerprint density at radius 3 is 2.74 bits per heavy atom. The summed E-state index contributed by atoms with van der Waals surface area (Å²) >= 11 is 0. The molecule has 0 amide bonds. The van der Waals surface area contributed by atoms with Gasteiger partial charge < -0.3 is 20.1 Å². The molecule has 6 atom stereocenters. The number of allylic oxidation sites excluding steroid dienone is 4. The molecule has 1 aliphatic heterocycles. The molecule has 0 aromatic heterocycles. The molecule has 1 fully saturated rings. The molecule has 1 aliphatic carbocycles. The lowest BCUT2D eigenvalue weighted by Crippen LogP contribution is -2.44. The summed E-state index contributed by atoms with van der Waals surface area (Å²) in [6.45, 7) is 5.72. The first kappa shape index (κ1) is 23.8. The molecule has 2 aliphatic rings. The molecule has 7 nitrogen and oxygen atoms in total. The molecule has 6 unspecified atom stereocenters. The molecule has 1 aromatic carbocycles. The highest BCUT2D eigenvalue weighted by atomic mass is 16.8. The standard InChI is InChI=1S/C24H33NO6/c1-4-5-6-17-11-18(23(15(17)3)31-25-29)9-16-8-7-14(2)20(10-16)24-22(28)21(27)12-19(13-26)30-24/h4-8,10-11,15,19,21-29H,9,12-13H2,1-3H3/b5-4-,17-6-. The molecule has 5 N–H and O–H groups in total. The van der Waals surface area contributed by atoms with Crippen molar-refractivity contribution in [3.63, 3.8) is 0 Å². The largest absolute Gasteiger partial charge is 0.394 e. The first-order valence-corrected chi connectivity index (χ1v) is 10.7. The fourth-order valence-corrected chi connectivity index (χ4v) is 4.39. The summed E-state index contributed by atoms with van der Waals surface area (Å²) in [5.41, 5.74) is 6.68. The van der Waals surface area contributed by atoms with Gasteiger partial charge in [-0.05, 0) is 48.1 Å². The quantitative estimate of drug-likeness (QED) is 0.422. The summed E-state index contributed by atoms with van der Waals surface area (Å²) in [6.07, 6.45) is 5.29. The van der Waals surface area contributed by atoms with Gasteiger partial charge in [0.05, 0.1) is 18.8 Å². The van der Waals surface area contributed by atoms with E-state index in [1.807, 2.05) is 62.8 Å². The highest BCUT2D eigenvalue weighted by Gasteiger charge is 2.38. The third-order valence-electron chi connectivity index (χ3n) is 6.17. The second-order valence-corrected chi connectivity index (χ2v) is 8.35. The fraction of sp³-hybridized carbons (Fsp3) is 0.500. The van der Waals surface area contributed by atoms with Crippen LogP contribution in [0.1, 0.15) is 43.1 Å². The molecule has 1 saturated heterocycles. The van der Waals surface area contributed by atoms with Gasteiger partial charge in [-0.25, -0.2) is 0 Å². The number of hydrogen-bond acceptors (Lipinski definition) is 7. The van der Waals surface area contributed by atoms with Crippen molar-refractivity contribution in [2.45, 2.75) is 64.1 Å². The molecule has 0 saturated carbocycles. The Morgan fingerprint density at radius 2 is 2.06 bits per heavy atom. The van der Waals surface area contributed by atoms with Crippen molar-refractivity contribution < 1.29 is 30.1 Å². The number of benzene rings is 1. The second-order valence-electron chi connectivity index (χ2n) is 8.35. The van der Waals surface area contributed by atoms with E-state index in [1.54, 1.807) is 0 Å². The lowest BCUT2D eigenvalue weighted by molar-refractivity contribution is -0.179. The van der Waals surface area contributed by atoms with Crippen molar-refractivity contribution in [2.24, 2.45) is 5.92 Å². The van der Waals surface area contributed by atoms with Crippen LogP contribution in [-0.2, 0) is 16.0 Å². The van der Waals surface area contributed by atoms with Crippen molar-refractivity contribution in [3.8, 4) is 0 Å². The monoisotopic (exact) mass is 431 g/mol. The Hall–Kier alpha value is -1.84. The van der Waals surface area contributed by atoms with Crippen LogP contribution >= 0.6 is 0 Å². The van der Waals surface area contributed by atoms with Gasteiger partial charge in [0.1, 0.15) is 18.3 Å². The molecule has 7 heteroatoms. The van der Waals surface area contributed by atoms with E-state index in [0.29, 0.717) is 6.42 Å². The predicted octanol–water partition coefficient (Wildman–Crippen LogP) is 2.44. The van der Waals surface area contributed by atoms with Gasteiger partial charge in [-0.3, -0.25) is 10.0 Å². The average molecular weight is 432 g/mol. The number of hydrogen-bond donors (Lipinski definition) is 5. The molecule has 170 valence electrons. The first-order valence-electron chi connectivity index (χ1n) is 10.7. The summed E-state index contributed by atoms with van der Waals surface area (Å²) in [7, 11) is 0. The van der Waals surface area contributed by atoms with E-state index in [9.17, 15) is 15.3 Å². The average Bonchev–Trinajstić information content (AvgIpc) is 3.04. The van der Waals surface area contributed by atoms with Gasteiger partial charge in [0.25, 0.3) is 0 Å². The van der Waals surface area contributed by atoms with Crippen LogP contribution in [0.2, 0.25) is 0 Å². The third-order valence-corrected chi connectivity index (χ3v) is 6.17. The first-order chi connectivity index (χ1) is 14.9. The van der Waals surface area contributed by atoms with Gasteiger partial charge in [-0.1, -0.05) is 55.1 Å². The molecular weight excluding hydrogens is 398 g/mol. The molecular formula is C24H33NO6. The van der Waals surface area contributed by atoms with Crippen LogP contribution < -0.4 is 5.64 Å². The van der Waals surface area contributed by atoms with Crippen LogP contribution in [0.4, 0.5) is 0 Å². The maximum absolute atomic E-state index is 10.5. The van der Waals surface area contributed by atoms with Gasteiger partial charge in [0.15, 0.2) is 0 Å². The normalized spacial score (nSPS) is 32.7. The minimum absolute atomic E-state index is 0.0692. The Kier molecular flexibility index (Phi) is 8.18. The number of aliphatic hydroxyl groups is 3. The summed E-state index contributed by atoms with van der Waals surface area (Å²) in [5, 5.41) is 39.4. The smallest absolute Gasteiger partial charge is 0.112 e. The zero-order valence-corrected chi connectivity index (χ0v) is 18.2. The third kappa shape index (κ3) is 5.32. The SMILES string of the molecule is C/C=C\C=C1\C=C(Cc2ccc(C)c(C3OC(CO)CC(O)C3O)c2)C(ONO)C1C. The Balaban J connectivity index is 1.88. The molecule has 0 spiro atoms. The van der Waals surface area contributed by atoms with E-state index in [1.165, 1.54) is 0 Å². The van der Waals surface area contributed by atoms with Gasteiger partial charge in [-0.15, -0.1) is 0 Å². The molecule has 1 aromatic rings. The molecule has 31 heavy (non-hydrogen) atoms. The van der Waals surface area contributed by atoms with Crippen LogP contribution in [-0.4, -0.2) is 51.5 Å². The van der Waals surface area contributed by atoms with Crippen molar-refractivity contribution in [1.29, 1.82) is 0 Å². The van der Waals surface area contributed by atoms with E-state index in [-0.39, 0.29) is 25.0 Å². The minimum atomic E-state index is -1.06. The number of nitrogens with one attached hydrogen (secondary N) is 1. The Morgan fingerprint density at radius 1 is 1.29 bits per heavy atom. The zero-order chi connectivity index (χ0) is 22.5. The second kappa shape index (κ2) is 10.7. The number of rotatable bonds is 7. The highest BCUT2D eigenvalue weighted by Crippen LogP contribution is 2.37. The van der Waals surface area contributed by atoms with E-state index in [4.69, 9.17) is 14.8 Å². The van der Waals surface area contributed by atoms with Crippen molar-refractivity contribution in [2.75, 3.05) is 6.61 Å². The minimum Gasteiger partial charge on any atom is -0.394 e. The lowest BCUT2D eigenvalue weighted by atomic mass is 9.89. The van der Waals surface area contributed by atoms with Gasteiger partial charge >= 0.3 is 0 Å². The number of ether oxygens (including phenoxy) is 1. The highest BCUT2D eigenvalue weighted by molar-refractivity contribution is 5.43. The van der Waals surface area contributed by atoms with Crippen LogP contribution in [0.5, 0.6) is 0 Å². The van der Waals surface area contributed by atoms with E-state index in [2.05, 4.69) is 6.08 Å². The molecule has 1 heterocycles. The predicted molar refractivity (Wildman–Crippen MR) is 116 cm³/mol. The fourth-order valence-electron chi connectivity index (χ4n) is 4.39. The van der Waals surface area contributed by atoms with Crippen molar-refractivity contribution >= 4 is 0 Å².